The zero-order valence-corrected chi connectivity index (χ0v) is 18.2. The number of hydrogen-bond donors (Lipinski definition) is 2. The van der Waals surface area contributed by atoms with Gasteiger partial charge in [-0.3, -0.25) is 14.5 Å². The van der Waals surface area contributed by atoms with Crippen LogP contribution in [0.25, 0.3) is 0 Å². The minimum absolute atomic E-state index is 0. The number of nitrogens with one attached hydrogen (secondary N) is 1. The third-order valence-electron chi connectivity index (χ3n) is 6.19. The third kappa shape index (κ3) is 4.95. The summed E-state index contributed by atoms with van der Waals surface area (Å²) >= 11 is 0. The van der Waals surface area contributed by atoms with Crippen molar-refractivity contribution in [1.82, 2.24) is 10.2 Å². The number of Topliss-reactive ketones (excluding diaryl/α,β-unsaturated/α-hetero) is 1. The Bertz CT molecular complexity index is 827. The van der Waals surface area contributed by atoms with E-state index in [1.54, 1.807) is 21.9 Å². The molecule has 3 aliphatic rings. The molecule has 8 heteroatoms. The van der Waals surface area contributed by atoms with E-state index in [-0.39, 0.29) is 48.6 Å². The largest absolute Gasteiger partial charge is 0.352 e. The second-order valence-corrected chi connectivity index (χ2v) is 8.75. The van der Waals surface area contributed by atoms with Gasteiger partial charge >= 0.3 is 6.03 Å². The lowest BCUT2D eigenvalue weighted by Gasteiger charge is -2.32. The molecule has 0 bridgehead atoms. The molecule has 2 atom stereocenters. The molecule has 0 aromatic heterocycles. The Labute approximate surface area is 183 Å². The van der Waals surface area contributed by atoms with E-state index in [9.17, 15) is 14.4 Å². The van der Waals surface area contributed by atoms with Gasteiger partial charge in [0.2, 0.25) is 0 Å². The van der Waals surface area contributed by atoms with Gasteiger partial charge in [-0.25, -0.2) is 4.79 Å². The Morgan fingerprint density at radius 1 is 1.23 bits per heavy atom. The first-order chi connectivity index (χ1) is 13.9. The second-order valence-electron chi connectivity index (χ2n) is 8.75. The van der Waals surface area contributed by atoms with Crippen LogP contribution >= 0.6 is 12.4 Å². The Morgan fingerprint density at radius 2 is 2.00 bits per heavy atom. The first kappa shape index (κ1) is 22.6. The minimum Gasteiger partial charge on any atom is -0.352 e. The smallest absolute Gasteiger partial charge is 0.324 e. The van der Waals surface area contributed by atoms with Gasteiger partial charge in [-0.15, -0.1) is 12.4 Å². The van der Waals surface area contributed by atoms with Crippen LogP contribution in [0.3, 0.4) is 0 Å². The molecule has 0 radical (unpaired) electrons. The van der Waals surface area contributed by atoms with Crippen molar-refractivity contribution in [2.45, 2.75) is 57.5 Å². The van der Waals surface area contributed by atoms with E-state index < -0.39 is 0 Å². The fourth-order valence-corrected chi connectivity index (χ4v) is 4.35. The molecule has 1 saturated carbocycles. The molecule has 1 saturated heterocycles. The number of benzene rings is 1. The highest BCUT2D eigenvalue weighted by Crippen LogP contribution is 2.32. The number of anilines is 1. The summed E-state index contributed by atoms with van der Waals surface area (Å²) in [6.45, 7) is 3.75. The van der Waals surface area contributed by atoms with Crippen LogP contribution in [0.4, 0.5) is 10.5 Å². The fourth-order valence-electron chi connectivity index (χ4n) is 4.35. The molecule has 1 aromatic carbocycles. The summed E-state index contributed by atoms with van der Waals surface area (Å²) < 4.78 is 0. The molecule has 164 valence electrons. The van der Waals surface area contributed by atoms with Crippen molar-refractivity contribution in [3.8, 4) is 0 Å². The van der Waals surface area contributed by atoms with Crippen LogP contribution in [-0.2, 0) is 11.2 Å². The van der Waals surface area contributed by atoms with Crippen molar-refractivity contribution < 1.29 is 14.4 Å². The van der Waals surface area contributed by atoms with E-state index in [0.717, 1.165) is 30.0 Å². The fraction of sp³-hybridized carbons (Fsp3) is 0.591. The van der Waals surface area contributed by atoms with Crippen molar-refractivity contribution in [2.24, 2.45) is 11.7 Å². The first-order valence-corrected chi connectivity index (χ1v) is 10.7. The number of fused-ring (bicyclic) bond motifs is 1. The number of nitrogens with zero attached hydrogens (tertiary/aromatic N) is 2. The van der Waals surface area contributed by atoms with E-state index in [4.69, 9.17) is 5.73 Å². The van der Waals surface area contributed by atoms with Crippen LogP contribution in [0.1, 0.15) is 54.9 Å². The number of rotatable bonds is 4. The highest BCUT2D eigenvalue weighted by molar-refractivity contribution is 6.00. The number of carbonyl (C=O) groups excluding carboxylic acids is 3. The SMILES string of the molecule is C[C@H]1CC(=O)Cc2cc(C(=O)NCCC3CC3)ccc2N1C(=O)N1CC[C@H](N)C1.Cl. The lowest BCUT2D eigenvalue weighted by Crippen LogP contribution is -2.47. The van der Waals surface area contributed by atoms with Crippen LogP contribution in [0.15, 0.2) is 18.2 Å². The zero-order chi connectivity index (χ0) is 20.5. The molecule has 1 aromatic rings. The van der Waals surface area contributed by atoms with Gasteiger partial charge in [0.05, 0.1) is 0 Å². The van der Waals surface area contributed by atoms with Crippen molar-refractivity contribution in [1.29, 1.82) is 0 Å². The van der Waals surface area contributed by atoms with Gasteiger partial charge < -0.3 is 16.0 Å². The number of nitrogens with two attached hydrogens (primary N) is 1. The van der Waals surface area contributed by atoms with Gasteiger partial charge in [-0.1, -0.05) is 12.8 Å². The molecular formula is C22H31ClN4O3. The molecule has 2 aliphatic heterocycles. The van der Waals surface area contributed by atoms with E-state index in [2.05, 4.69) is 5.32 Å². The molecule has 1 aliphatic carbocycles. The van der Waals surface area contributed by atoms with Crippen LogP contribution < -0.4 is 16.0 Å². The number of carbonyl (C=O) groups is 3. The molecule has 3 N–H and O–H groups in total. The average molecular weight is 435 g/mol. The second kappa shape index (κ2) is 9.35. The summed E-state index contributed by atoms with van der Waals surface area (Å²) in [5.41, 5.74) is 7.99. The Morgan fingerprint density at radius 3 is 2.67 bits per heavy atom. The van der Waals surface area contributed by atoms with Gasteiger partial charge in [-0.2, -0.15) is 0 Å². The van der Waals surface area contributed by atoms with Crippen molar-refractivity contribution >= 4 is 35.8 Å². The van der Waals surface area contributed by atoms with Crippen LogP contribution in [0, 0.1) is 5.92 Å². The average Bonchev–Trinajstić information content (AvgIpc) is 3.42. The molecule has 0 spiro atoms. The summed E-state index contributed by atoms with van der Waals surface area (Å²) in [6.07, 6.45) is 4.89. The lowest BCUT2D eigenvalue weighted by atomic mass is 10.0. The van der Waals surface area contributed by atoms with Crippen molar-refractivity contribution in [2.75, 3.05) is 24.5 Å². The predicted molar refractivity (Wildman–Crippen MR) is 118 cm³/mol. The van der Waals surface area contributed by atoms with Crippen LogP contribution in [0.5, 0.6) is 0 Å². The molecule has 3 amide bonds. The summed E-state index contributed by atoms with van der Waals surface area (Å²) in [5, 5.41) is 2.97. The van der Waals surface area contributed by atoms with Gasteiger partial charge in [0.25, 0.3) is 5.91 Å². The maximum atomic E-state index is 13.2. The molecule has 2 heterocycles. The molecule has 30 heavy (non-hydrogen) atoms. The minimum atomic E-state index is -0.230. The van der Waals surface area contributed by atoms with Gasteiger partial charge in [0.1, 0.15) is 5.78 Å². The van der Waals surface area contributed by atoms with E-state index in [1.165, 1.54) is 12.8 Å². The van der Waals surface area contributed by atoms with E-state index >= 15 is 0 Å². The van der Waals surface area contributed by atoms with Gasteiger partial charge in [-0.05, 0) is 49.4 Å². The molecule has 7 nitrogen and oxygen atoms in total. The predicted octanol–water partition coefficient (Wildman–Crippen LogP) is 2.50. The monoisotopic (exact) mass is 434 g/mol. The van der Waals surface area contributed by atoms with Gasteiger partial charge in [0.15, 0.2) is 0 Å². The van der Waals surface area contributed by atoms with Crippen LogP contribution in [-0.4, -0.2) is 54.3 Å². The third-order valence-corrected chi connectivity index (χ3v) is 6.19. The number of amides is 3. The standard InChI is InChI=1S/C22H30N4O3.ClH/c1-14-10-19(27)12-17-11-16(21(28)24-8-6-15-2-3-15)4-5-20(17)26(14)22(29)25-9-7-18(23)13-25;/h4-5,11,14-15,18H,2-3,6-10,12-13,23H2,1H3,(H,24,28);1H/t14-,18-;/m0./s1. The zero-order valence-electron chi connectivity index (χ0n) is 17.4. The summed E-state index contributed by atoms with van der Waals surface area (Å²) in [4.78, 5) is 41.7. The molecule has 2 fully saturated rings. The Hall–Kier alpha value is -2.12. The molecule has 0 unspecified atom stereocenters. The van der Waals surface area contributed by atoms with Gasteiger partial charge in [0, 0.05) is 55.8 Å². The summed E-state index contributed by atoms with van der Waals surface area (Å²) in [7, 11) is 0. The van der Waals surface area contributed by atoms with Crippen molar-refractivity contribution in [3.05, 3.63) is 29.3 Å². The van der Waals surface area contributed by atoms with E-state index in [0.29, 0.717) is 31.6 Å². The molecular weight excluding hydrogens is 404 g/mol. The quantitative estimate of drug-likeness (QED) is 0.760. The summed E-state index contributed by atoms with van der Waals surface area (Å²) in [6, 6.07) is 5.00. The number of hydrogen-bond acceptors (Lipinski definition) is 4. The highest BCUT2D eigenvalue weighted by Gasteiger charge is 2.35. The highest BCUT2D eigenvalue weighted by atomic mass is 35.5. The summed E-state index contributed by atoms with van der Waals surface area (Å²) in [5.74, 6) is 0.722. The normalized spacial score (nSPS) is 23.5. The number of halogens is 1. The topological polar surface area (TPSA) is 95.7 Å². The first-order valence-electron chi connectivity index (χ1n) is 10.7. The van der Waals surface area contributed by atoms with Crippen molar-refractivity contribution in [3.63, 3.8) is 0 Å². The number of ketones is 1. The Balaban J connectivity index is 0.00000256. The number of likely N-dealkylation sites (tertiary alicyclic amines) is 1. The maximum absolute atomic E-state index is 13.2. The maximum Gasteiger partial charge on any atom is 0.324 e. The number of urea groups is 1. The Kier molecular flexibility index (Phi) is 7.03. The van der Waals surface area contributed by atoms with Crippen LogP contribution in [0.2, 0.25) is 0 Å². The van der Waals surface area contributed by atoms with E-state index in [1.807, 2.05) is 13.0 Å². The lowest BCUT2D eigenvalue weighted by molar-refractivity contribution is -0.118. The molecule has 4 rings (SSSR count).